The van der Waals surface area contributed by atoms with E-state index in [1.165, 1.54) is 0 Å². The quantitative estimate of drug-likeness (QED) is 0.556. The van der Waals surface area contributed by atoms with Crippen LogP contribution >= 0.6 is 15.9 Å². The molecule has 0 atom stereocenters. The molecule has 0 radical (unpaired) electrons. The number of aromatic nitrogens is 6. The van der Waals surface area contributed by atoms with E-state index in [-0.39, 0.29) is 5.56 Å². The van der Waals surface area contributed by atoms with Crippen LogP contribution in [0.15, 0.2) is 40.0 Å². The van der Waals surface area contributed by atoms with Gasteiger partial charge in [0.2, 0.25) is 11.7 Å². The Morgan fingerprint density at radius 2 is 2.08 bits per heavy atom. The number of rotatable bonds is 3. The Kier molecular flexibility index (Phi) is 3.56. The van der Waals surface area contributed by atoms with Crippen LogP contribution in [0.3, 0.4) is 0 Å². The van der Waals surface area contributed by atoms with Crippen molar-refractivity contribution in [3.63, 3.8) is 0 Å². The van der Waals surface area contributed by atoms with Gasteiger partial charge in [-0.3, -0.25) is 4.79 Å². The Hall–Kier alpha value is -2.68. The van der Waals surface area contributed by atoms with Crippen molar-refractivity contribution in [1.82, 2.24) is 29.1 Å². The Balaban J connectivity index is 1.82. The first-order valence-electron chi connectivity index (χ1n) is 8.52. The summed E-state index contributed by atoms with van der Waals surface area (Å²) in [4.78, 5) is 26.4. The number of nitrogens with one attached hydrogen (secondary N) is 1. The van der Waals surface area contributed by atoms with Crippen molar-refractivity contribution in [3.05, 3.63) is 51.2 Å². The van der Waals surface area contributed by atoms with Crippen LogP contribution in [0.5, 0.6) is 0 Å². The molecule has 1 aromatic carbocycles. The van der Waals surface area contributed by atoms with Gasteiger partial charge in [0.05, 0.1) is 29.5 Å². The number of halogens is 1. The number of imidazole rings is 1. The summed E-state index contributed by atoms with van der Waals surface area (Å²) in [6.07, 6.45) is 5.74. The fourth-order valence-electron chi connectivity index (χ4n) is 3.51. The molecule has 1 saturated heterocycles. The second-order valence-corrected chi connectivity index (χ2v) is 7.34. The smallest absolute Gasteiger partial charge is 0.282 e. The summed E-state index contributed by atoms with van der Waals surface area (Å²) in [6, 6.07) is 5.69. The first-order valence-corrected chi connectivity index (χ1v) is 9.31. The van der Waals surface area contributed by atoms with E-state index in [1.807, 2.05) is 28.8 Å². The van der Waals surface area contributed by atoms with Crippen LogP contribution in [-0.4, -0.2) is 42.2 Å². The zero-order valence-corrected chi connectivity index (χ0v) is 15.5. The van der Waals surface area contributed by atoms with E-state index >= 15 is 0 Å². The average Bonchev–Trinajstić information content (AvgIpc) is 3.37. The minimum Gasteiger partial charge on any atom is -0.351 e. The molecule has 0 saturated carbocycles. The van der Waals surface area contributed by atoms with Crippen molar-refractivity contribution < 1.29 is 0 Å². The second-order valence-electron chi connectivity index (χ2n) is 6.43. The third-order valence-corrected chi connectivity index (χ3v) is 5.22. The summed E-state index contributed by atoms with van der Waals surface area (Å²) in [5, 5.41) is 5.38. The molecule has 0 amide bonds. The normalized spacial score (nSPS) is 14.7. The lowest BCUT2D eigenvalue weighted by molar-refractivity contribution is 0.685. The molecule has 9 heteroatoms. The van der Waals surface area contributed by atoms with Gasteiger partial charge in [-0.1, -0.05) is 15.9 Å². The molecular weight excluding hydrogens is 398 g/mol. The van der Waals surface area contributed by atoms with Gasteiger partial charge < -0.3 is 9.88 Å². The predicted octanol–water partition coefficient (Wildman–Crippen LogP) is 2.18. The Bertz CT molecular complexity index is 1160. The molecule has 4 heterocycles. The van der Waals surface area contributed by atoms with E-state index in [0.29, 0.717) is 17.7 Å². The van der Waals surface area contributed by atoms with Crippen LogP contribution in [0.4, 0.5) is 5.95 Å². The number of nitrogens with zero attached hydrogens (tertiary/aromatic N) is 6. The van der Waals surface area contributed by atoms with Crippen molar-refractivity contribution in [3.8, 4) is 0 Å². The molecule has 0 unspecified atom stereocenters. The molecule has 0 bridgehead atoms. The third kappa shape index (κ3) is 2.42. The van der Waals surface area contributed by atoms with Gasteiger partial charge in [-0.05, 0) is 31.0 Å². The summed E-state index contributed by atoms with van der Waals surface area (Å²) in [7, 11) is 0. The van der Waals surface area contributed by atoms with Crippen LogP contribution in [-0.2, 0) is 6.54 Å². The average molecular weight is 414 g/mol. The summed E-state index contributed by atoms with van der Waals surface area (Å²) < 4.78 is 4.60. The van der Waals surface area contributed by atoms with E-state index in [1.54, 1.807) is 11.0 Å². The monoisotopic (exact) mass is 413 g/mol. The van der Waals surface area contributed by atoms with Crippen molar-refractivity contribution in [2.45, 2.75) is 19.4 Å². The van der Waals surface area contributed by atoms with Crippen LogP contribution in [0.25, 0.3) is 16.7 Å². The standard InChI is InChI=1S/C17H16BrN7O/c18-11-3-4-14-13(7-11)15(26)21-16-24(9-12-8-19-10-20-12)22-17(25(14)16)23-5-1-2-6-23/h3-4,7-8,10H,1-2,5-6,9H2,(H,19,20). The Morgan fingerprint density at radius 3 is 2.85 bits per heavy atom. The summed E-state index contributed by atoms with van der Waals surface area (Å²) in [5.74, 6) is 1.36. The van der Waals surface area contributed by atoms with E-state index < -0.39 is 0 Å². The molecule has 0 aliphatic carbocycles. The SMILES string of the molecule is O=c1nc2n(Cc3c[nH]cn3)nc(N3CCCC3)n2c2ccc(Br)cc12. The summed E-state index contributed by atoms with van der Waals surface area (Å²) >= 11 is 3.44. The van der Waals surface area contributed by atoms with Gasteiger partial charge in [-0.2, -0.15) is 4.98 Å². The summed E-state index contributed by atoms with van der Waals surface area (Å²) in [5.41, 5.74) is 1.41. The molecule has 0 spiro atoms. The minimum absolute atomic E-state index is 0.252. The largest absolute Gasteiger partial charge is 0.351 e. The van der Waals surface area contributed by atoms with Crippen molar-refractivity contribution in [2.75, 3.05) is 18.0 Å². The molecule has 3 aromatic heterocycles. The predicted molar refractivity (Wildman–Crippen MR) is 102 cm³/mol. The van der Waals surface area contributed by atoms with Gasteiger partial charge in [-0.15, -0.1) is 5.10 Å². The second kappa shape index (κ2) is 5.94. The van der Waals surface area contributed by atoms with E-state index in [9.17, 15) is 4.79 Å². The molecule has 1 aliphatic heterocycles. The van der Waals surface area contributed by atoms with Crippen LogP contribution in [0, 0.1) is 0 Å². The number of benzene rings is 1. The molecule has 1 aliphatic rings. The number of fused-ring (bicyclic) bond motifs is 3. The highest BCUT2D eigenvalue weighted by atomic mass is 79.9. The molecular formula is C17H16BrN7O. The summed E-state index contributed by atoms with van der Waals surface area (Å²) in [6.45, 7) is 2.37. The molecule has 1 fully saturated rings. The van der Waals surface area contributed by atoms with Gasteiger partial charge in [0.15, 0.2) is 0 Å². The fraction of sp³-hybridized carbons (Fsp3) is 0.294. The topological polar surface area (TPSA) is 84.1 Å². The first kappa shape index (κ1) is 15.6. The van der Waals surface area contributed by atoms with Crippen LogP contribution in [0.2, 0.25) is 0 Å². The molecule has 8 nitrogen and oxygen atoms in total. The lowest BCUT2D eigenvalue weighted by Gasteiger charge is -2.15. The zero-order valence-electron chi connectivity index (χ0n) is 13.9. The zero-order chi connectivity index (χ0) is 17.7. The number of aromatic amines is 1. The van der Waals surface area contributed by atoms with Gasteiger partial charge >= 0.3 is 0 Å². The van der Waals surface area contributed by atoms with E-state index in [4.69, 9.17) is 5.10 Å². The lowest BCUT2D eigenvalue weighted by atomic mass is 10.2. The maximum atomic E-state index is 12.6. The fourth-order valence-corrected chi connectivity index (χ4v) is 3.87. The molecule has 132 valence electrons. The lowest BCUT2D eigenvalue weighted by Crippen LogP contribution is -2.21. The highest BCUT2D eigenvalue weighted by molar-refractivity contribution is 9.10. The van der Waals surface area contributed by atoms with E-state index in [2.05, 4.69) is 35.8 Å². The van der Waals surface area contributed by atoms with Crippen molar-refractivity contribution in [2.24, 2.45) is 0 Å². The van der Waals surface area contributed by atoms with Gasteiger partial charge in [0.25, 0.3) is 5.56 Å². The number of hydrogen-bond acceptors (Lipinski definition) is 5. The highest BCUT2D eigenvalue weighted by Gasteiger charge is 2.23. The van der Waals surface area contributed by atoms with E-state index in [0.717, 1.165) is 47.6 Å². The van der Waals surface area contributed by atoms with Crippen LogP contribution in [0.1, 0.15) is 18.5 Å². The minimum atomic E-state index is -0.252. The molecule has 1 N–H and O–H groups in total. The molecule has 4 aromatic rings. The highest BCUT2D eigenvalue weighted by Crippen LogP contribution is 2.25. The number of anilines is 1. The Labute approximate surface area is 156 Å². The molecule has 26 heavy (non-hydrogen) atoms. The van der Waals surface area contributed by atoms with Crippen molar-refractivity contribution >= 4 is 38.6 Å². The third-order valence-electron chi connectivity index (χ3n) is 4.73. The van der Waals surface area contributed by atoms with Crippen molar-refractivity contribution in [1.29, 1.82) is 0 Å². The molecule has 5 rings (SSSR count). The number of hydrogen-bond donors (Lipinski definition) is 1. The maximum absolute atomic E-state index is 12.6. The van der Waals surface area contributed by atoms with Crippen LogP contribution < -0.4 is 10.5 Å². The first-order chi connectivity index (χ1) is 12.7. The number of H-pyrrole nitrogens is 1. The Morgan fingerprint density at radius 1 is 1.23 bits per heavy atom. The van der Waals surface area contributed by atoms with Gasteiger partial charge in [0.1, 0.15) is 0 Å². The van der Waals surface area contributed by atoms with Gasteiger partial charge in [0, 0.05) is 23.8 Å². The van der Waals surface area contributed by atoms with Gasteiger partial charge in [-0.25, -0.2) is 14.1 Å². The maximum Gasteiger partial charge on any atom is 0.282 e.